The Kier molecular flexibility index (Phi) is 7.33. The summed E-state index contributed by atoms with van der Waals surface area (Å²) in [5, 5.41) is 6.46. The summed E-state index contributed by atoms with van der Waals surface area (Å²) in [6.45, 7) is 6.55. The van der Waals surface area contributed by atoms with Crippen LogP contribution in [0.5, 0.6) is 5.75 Å². The fourth-order valence-corrected chi connectivity index (χ4v) is 1.65. The van der Waals surface area contributed by atoms with Gasteiger partial charge in [-0.05, 0) is 30.2 Å². The first kappa shape index (κ1) is 15.8. The van der Waals surface area contributed by atoms with Gasteiger partial charge in [-0.1, -0.05) is 29.8 Å². The van der Waals surface area contributed by atoms with Crippen molar-refractivity contribution in [2.75, 3.05) is 26.7 Å². The highest BCUT2D eigenvalue weighted by atomic mass is 79.9. The van der Waals surface area contributed by atoms with E-state index in [2.05, 4.69) is 45.4 Å². The number of rotatable bonds is 6. The van der Waals surface area contributed by atoms with Gasteiger partial charge < -0.3 is 15.4 Å². The van der Waals surface area contributed by atoms with Crippen LogP contribution in [0.25, 0.3) is 0 Å². The zero-order valence-electron chi connectivity index (χ0n) is 11.7. The largest absolute Gasteiger partial charge is 0.492 e. The minimum absolute atomic E-state index is 0.595. The Labute approximate surface area is 123 Å². The Balaban J connectivity index is 2.20. The number of hydrogen-bond donors (Lipinski definition) is 2. The van der Waals surface area contributed by atoms with E-state index >= 15 is 0 Å². The minimum Gasteiger partial charge on any atom is -0.492 e. The second-order valence-corrected chi connectivity index (χ2v) is 5.49. The van der Waals surface area contributed by atoms with Gasteiger partial charge in [-0.25, -0.2) is 0 Å². The third kappa shape index (κ3) is 7.06. The predicted molar refractivity (Wildman–Crippen MR) is 83.8 cm³/mol. The number of guanidine groups is 1. The van der Waals surface area contributed by atoms with Crippen LogP contribution in [0.2, 0.25) is 0 Å². The van der Waals surface area contributed by atoms with Crippen molar-refractivity contribution >= 4 is 21.9 Å². The number of benzene rings is 1. The molecule has 0 heterocycles. The van der Waals surface area contributed by atoms with E-state index in [1.807, 2.05) is 24.3 Å². The Morgan fingerprint density at radius 1 is 1.26 bits per heavy atom. The number of nitrogens with zero attached hydrogens (tertiary/aromatic N) is 1. The molecule has 0 saturated heterocycles. The van der Waals surface area contributed by atoms with E-state index in [-0.39, 0.29) is 0 Å². The van der Waals surface area contributed by atoms with Crippen LogP contribution < -0.4 is 15.4 Å². The van der Waals surface area contributed by atoms with E-state index < -0.39 is 0 Å². The SMILES string of the molecule is CN=C(NCCOc1ccc(Br)cc1)NCC(C)C. The first-order chi connectivity index (χ1) is 9.11. The van der Waals surface area contributed by atoms with Crippen LogP contribution in [0.1, 0.15) is 13.8 Å². The Morgan fingerprint density at radius 2 is 1.95 bits per heavy atom. The molecule has 0 aliphatic heterocycles. The highest BCUT2D eigenvalue weighted by Crippen LogP contribution is 2.15. The van der Waals surface area contributed by atoms with E-state index in [0.717, 1.165) is 22.7 Å². The maximum Gasteiger partial charge on any atom is 0.191 e. The first-order valence-electron chi connectivity index (χ1n) is 6.44. The molecule has 0 aliphatic rings. The van der Waals surface area contributed by atoms with Gasteiger partial charge in [0.2, 0.25) is 0 Å². The summed E-state index contributed by atoms with van der Waals surface area (Å²) in [5.41, 5.74) is 0. The van der Waals surface area contributed by atoms with E-state index in [1.54, 1.807) is 7.05 Å². The highest BCUT2D eigenvalue weighted by Gasteiger charge is 1.99. The molecule has 0 aliphatic carbocycles. The molecular weight excluding hydrogens is 306 g/mol. The number of hydrogen-bond acceptors (Lipinski definition) is 2. The summed E-state index contributed by atoms with van der Waals surface area (Å²) in [4.78, 5) is 4.15. The summed E-state index contributed by atoms with van der Waals surface area (Å²) < 4.78 is 6.67. The molecule has 2 N–H and O–H groups in total. The van der Waals surface area contributed by atoms with Crippen molar-refractivity contribution in [3.05, 3.63) is 28.7 Å². The van der Waals surface area contributed by atoms with Crippen LogP contribution in [0, 0.1) is 5.92 Å². The van der Waals surface area contributed by atoms with Gasteiger partial charge in [0.15, 0.2) is 5.96 Å². The summed E-state index contributed by atoms with van der Waals surface area (Å²) in [6, 6.07) is 7.81. The van der Waals surface area contributed by atoms with E-state index in [1.165, 1.54) is 0 Å². The van der Waals surface area contributed by atoms with Gasteiger partial charge in [0.05, 0.1) is 6.54 Å². The average molecular weight is 328 g/mol. The Hall–Kier alpha value is -1.23. The molecule has 0 bridgehead atoms. The van der Waals surface area contributed by atoms with Crippen molar-refractivity contribution in [2.24, 2.45) is 10.9 Å². The lowest BCUT2D eigenvalue weighted by molar-refractivity contribution is 0.322. The van der Waals surface area contributed by atoms with Crippen LogP contribution in [0.15, 0.2) is 33.7 Å². The third-order valence-electron chi connectivity index (χ3n) is 2.38. The summed E-state index contributed by atoms with van der Waals surface area (Å²) >= 11 is 3.39. The van der Waals surface area contributed by atoms with Crippen molar-refractivity contribution in [2.45, 2.75) is 13.8 Å². The van der Waals surface area contributed by atoms with Crippen molar-refractivity contribution < 1.29 is 4.74 Å². The number of halogens is 1. The maximum absolute atomic E-state index is 5.62. The lowest BCUT2D eigenvalue weighted by atomic mass is 10.2. The summed E-state index contributed by atoms with van der Waals surface area (Å²) in [7, 11) is 1.77. The molecule has 0 spiro atoms. The van der Waals surface area contributed by atoms with Crippen LogP contribution in [-0.4, -0.2) is 32.7 Å². The lowest BCUT2D eigenvalue weighted by Gasteiger charge is -2.13. The van der Waals surface area contributed by atoms with Gasteiger partial charge in [-0.2, -0.15) is 0 Å². The van der Waals surface area contributed by atoms with E-state index in [0.29, 0.717) is 19.1 Å². The quantitative estimate of drug-likeness (QED) is 0.479. The smallest absolute Gasteiger partial charge is 0.191 e. The number of nitrogens with one attached hydrogen (secondary N) is 2. The van der Waals surface area contributed by atoms with Gasteiger partial charge in [0, 0.05) is 18.1 Å². The second-order valence-electron chi connectivity index (χ2n) is 4.58. The van der Waals surface area contributed by atoms with Crippen molar-refractivity contribution in [1.82, 2.24) is 10.6 Å². The molecule has 4 nitrogen and oxygen atoms in total. The van der Waals surface area contributed by atoms with Crippen molar-refractivity contribution in [1.29, 1.82) is 0 Å². The van der Waals surface area contributed by atoms with Crippen molar-refractivity contribution in [3.63, 3.8) is 0 Å². The van der Waals surface area contributed by atoms with Crippen LogP contribution >= 0.6 is 15.9 Å². The standard InChI is InChI=1S/C14H22BrN3O/c1-11(2)10-18-14(16-3)17-8-9-19-13-6-4-12(15)5-7-13/h4-7,11H,8-10H2,1-3H3,(H2,16,17,18). The minimum atomic E-state index is 0.595. The van der Waals surface area contributed by atoms with Crippen LogP contribution in [0.4, 0.5) is 0 Å². The second kappa shape index (κ2) is 8.80. The molecule has 106 valence electrons. The molecule has 1 aromatic rings. The van der Waals surface area contributed by atoms with Gasteiger partial charge in [-0.15, -0.1) is 0 Å². The fraction of sp³-hybridized carbons (Fsp3) is 0.500. The Bertz CT molecular complexity index is 390. The Morgan fingerprint density at radius 3 is 2.53 bits per heavy atom. The molecule has 0 atom stereocenters. The third-order valence-corrected chi connectivity index (χ3v) is 2.91. The topological polar surface area (TPSA) is 45.7 Å². The van der Waals surface area contributed by atoms with E-state index in [9.17, 15) is 0 Å². The lowest BCUT2D eigenvalue weighted by Crippen LogP contribution is -2.40. The maximum atomic E-state index is 5.62. The normalized spacial score (nSPS) is 11.5. The van der Waals surface area contributed by atoms with Gasteiger partial charge in [0.25, 0.3) is 0 Å². The molecule has 0 saturated carbocycles. The van der Waals surface area contributed by atoms with Crippen molar-refractivity contribution in [3.8, 4) is 5.75 Å². The van der Waals surface area contributed by atoms with E-state index in [4.69, 9.17) is 4.74 Å². The average Bonchev–Trinajstić information content (AvgIpc) is 2.40. The molecule has 5 heteroatoms. The molecule has 1 rings (SSSR count). The molecule has 0 unspecified atom stereocenters. The number of ether oxygens (including phenoxy) is 1. The predicted octanol–water partition coefficient (Wildman–Crippen LogP) is 2.65. The number of aliphatic imine (C=N–C) groups is 1. The zero-order valence-corrected chi connectivity index (χ0v) is 13.3. The van der Waals surface area contributed by atoms with Crippen LogP contribution in [-0.2, 0) is 0 Å². The zero-order chi connectivity index (χ0) is 14.1. The molecule has 0 aromatic heterocycles. The van der Waals surface area contributed by atoms with Gasteiger partial charge in [-0.3, -0.25) is 4.99 Å². The van der Waals surface area contributed by atoms with Gasteiger partial charge in [0.1, 0.15) is 12.4 Å². The molecule has 0 fully saturated rings. The molecule has 19 heavy (non-hydrogen) atoms. The molecular formula is C14H22BrN3O. The monoisotopic (exact) mass is 327 g/mol. The van der Waals surface area contributed by atoms with Crippen LogP contribution in [0.3, 0.4) is 0 Å². The first-order valence-corrected chi connectivity index (χ1v) is 7.24. The van der Waals surface area contributed by atoms with Gasteiger partial charge >= 0.3 is 0 Å². The molecule has 0 amide bonds. The molecule has 1 aromatic carbocycles. The highest BCUT2D eigenvalue weighted by molar-refractivity contribution is 9.10. The summed E-state index contributed by atoms with van der Waals surface area (Å²) in [6.07, 6.45) is 0. The fourth-order valence-electron chi connectivity index (χ4n) is 1.39. The summed E-state index contributed by atoms with van der Waals surface area (Å²) in [5.74, 6) is 2.28. The molecule has 0 radical (unpaired) electrons.